The largest absolute Gasteiger partial charge is 0.493 e. The highest BCUT2D eigenvalue weighted by molar-refractivity contribution is 6.02. The molecule has 0 saturated heterocycles. The molecule has 1 atom stereocenters. The van der Waals surface area contributed by atoms with Crippen molar-refractivity contribution in [2.45, 2.75) is 18.9 Å². The van der Waals surface area contributed by atoms with Gasteiger partial charge < -0.3 is 19.5 Å². The molecule has 2 aromatic carbocycles. The molecule has 1 heterocycles. The lowest BCUT2D eigenvalue weighted by atomic mass is 9.89. The summed E-state index contributed by atoms with van der Waals surface area (Å²) >= 11 is 0. The summed E-state index contributed by atoms with van der Waals surface area (Å²) in [5, 5.41) is 2.78. The van der Waals surface area contributed by atoms with Gasteiger partial charge in [-0.15, -0.1) is 0 Å². The van der Waals surface area contributed by atoms with Crippen molar-refractivity contribution in [3.63, 3.8) is 0 Å². The van der Waals surface area contributed by atoms with Crippen molar-refractivity contribution in [3.05, 3.63) is 53.6 Å². The molecule has 3 rings (SSSR count). The number of fused-ring (bicyclic) bond motifs is 1. The highest BCUT2D eigenvalue weighted by Crippen LogP contribution is 2.32. The number of esters is 1. The Balaban J connectivity index is 1.83. The molecular formula is C19H19NO5. The zero-order valence-electron chi connectivity index (χ0n) is 14.3. The van der Waals surface area contributed by atoms with E-state index in [0.29, 0.717) is 29.2 Å². The first-order chi connectivity index (χ1) is 12.0. The molecule has 0 spiro atoms. The van der Waals surface area contributed by atoms with Crippen molar-refractivity contribution in [3.8, 4) is 11.5 Å². The fourth-order valence-electron chi connectivity index (χ4n) is 2.84. The van der Waals surface area contributed by atoms with Gasteiger partial charge in [0.2, 0.25) is 0 Å². The molecule has 0 aliphatic carbocycles. The molecule has 1 aliphatic rings. The van der Waals surface area contributed by atoms with Gasteiger partial charge >= 0.3 is 5.97 Å². The molecule has 1 aliphatic heterocycles. The number of carbonyl (C=O) groups excluding carboxylic acids is 2. The van der Waals surface area contributed by atoms with Gasteiger partial charge in [0.1, 0.15) is 0 Å². The number of carbonyl (C=O) groups is 2. The van der Waals surface area contributed by atoms with Crippen LogP contribution in [0.3, 0.4) is 0 Å². The van der Waals surface area contributed by atoms with Crippen molar-refractivity contribution in [1.29, 1.82) is 0 Å². The fraction of sp³-hybridized carbons (Fsp3) is 0.263. The lowest BCUT2D eigenvalue weighted by molar-refractivity contribution is -0.134. The van der Waals surface area contributed by atoms with Crippen LogP contribution in [-0.4, -0.2) is 31.7 Å². The van der Waals surface area contributed by atoms with E-state index in [2.05, 4.69) is 5.32 Å². The second kappa shape index (κ2) is 6.47. The van der Waals surface area contributed by atoms with Crippen LogP contribution in [-0.2, 0) is 16.0 Å². The molecule has 130 valence electrons. The number of hydrogen-bond donors (Lipinski definition) is 1. The summed E-state index contributed by atoms with van der Waals surface area (Å²) in [5.74, 6) is 0.163. The molecule has 1 amide bonds. The van der Waals surface area contributed by atoms with Crippen LogP contribution in [0.25, 0.3) is 0 Å². The number of rotatable bonds is 4. The summed E-state index contributed by atoms with van der Waals surface area (Å²) in [6.45, 7) is 1.61. The minimum absolute atomic E-state index is 0.314. The Labute approximate surface area is 145 Å². The third-order valence-corrected chi connectivity index (χ3v) is 4.20. The lowest BCUT2D eigenvalue weighted by Gasteiger charge is -2.33. The number of amides is 1. The number of ether oxygens (including phenoxy) is 3. The smallest absolute Gasteiger partial charge is 0.339 e. The third kappa shape index (κ3) is 3.15. The van der Waals surface area contributed by atoms with E-state index in [0.717, 1.165) is 5.56 Å². The van der Waals surface area contributed by atoms with Crippen molar-refractivity contribution >= 4 is 17.6 Å². The molecule has 0 aromatic heterocycles. The third-order valence-electron chi connectivity index (χ3n) is 4.20. The van der Waals surface area contributed by atoms with Gasteiger partial charge in [-0.3, -0.25) is 4.79 Å². The topological polar surface area (TPSA) is 73.9 Å². The van der Waals surface area contributed by atoms with Gasteiger partial charge in [0.15, 0.2) is 17.1 Å². The van der Waals surface area contributed by atoms with E-state index < -0.39 is 17.5 Å². The van der Waals surface area contributed by atoms with Crippen LogP contribution in [0.1, 0.15) is 22.8 Å². The van der Waals surface area contributed by atoms with E-state index in [9.17, 15) is 9.59 Å². The Kier molecular flexibility index (Phi) is 4.35. The Hall–Kier alpha value is -3.02. The van der Waals surface area contributed by atoms with E-state index in [1.807, 2.05) is 12.1 Å². The zero-order valence-corrected chi connectivity index (χ0v) is 14.3. The number of nitrogens with one attached hydrogen (secondary N) is 1. The number of hydrogen-bond acceptors (Lipinski definition) is 5. The van der Waals surface area contributed by atoms with Gasteiger partial charge in [-0.2, -0.15) is 0 Å². The van der Waals surface area contributed by atoms with Crippen LogP contribution in [0.2, 0.25) is 0 Å². The SMILES string of the molecule is COc1ccc(NC(=O)C2(C)Cc3ccccc3C(=O)O2)cc1OC. The Morgan fingerprint density at radius 3 is 2.56 bits per heavy atom. The molecule has 0 radical (unpaired) electrons. The molecular weight excluding hydrogens is 322 g/mol. The van der Waals surface area contributed by atoms with E-state index in [1.165, 1.54) is 14.2 Å². The molecule has 0 fully saturated rings. The molecule has 25 heavy (non-hydrogen) atoms. The van der Waals surface area contributed by atoms with E-state index in [-0.39, 0.29) is 0 Å². The summed E-state index contributed by atoms with van der Waals surface area (Å²) in [6.07, 6.45) is 0.314. The van der Waals surface area contributed by atoms with Crippen molar-refractivity contribution in [2.75, 3.05) is 19.5 Å². The first kappa shape index (κ1) is 16.8. The Bertz CT molecular complexity index is 832. The van der Waals surface area contributed by atoms with Gasteiger partial charge in [-0.1, -0.05) is 18.2 Å². The first-order valence-corrected chi connectivity index (χ1v) is 7.81. The fourth-order valence-corrected chi connectivity index (χ4v) is 2.84. The molecule has 2 aromatic rings. The van der Waals surface area contributed by atoms with Crippen LogP contribution < -0.4 is 14.8 Å². The molecule has 6 heteroatoms. The number of benzene rings is 2. The first-order valence-electron chi connectivity index (χ1n) is 7.81. The predicted octanol–water partition coefficient (Wildman–Crippen LogP) is 2.81. The zero-order chi connectivity index (χ0) is 18.0. The van der Waals surface area contributed by atoms with Crippen molar-refractivity contribution in [1.82, 2.24) is 0 Å². The van der Waals surface area contributed by atoms with Gasteiger partial charge in [0.05, 0.1) is 19.8 Å². The van der Waals surface area contributed by atoms with Crippen LogP contribution in [0.4, 0.5) is 5.69 Å². The van der Waals surface area contributed by atoms with Gasteiger partial charge in [0, 0.05) is 18.2 Å². The van der Waals surface area contributed by atoms with Crippen molar-refractivity contribution < 1.29 is 23.8 Å². The predicted molar refractivity (Wildman–Crippen MR) is 92.1 cm³/mol. The minimum Gasteiger partial charge on any atom is -0.493 e. The number of methoxy groups -OCH3 is 2. The van der Waals surface area contributed by atoms with Gasteiger partial charge in [0.25, 0.3) is 5.91 Å². The van der Waals surface area contributed by atoms with E-state index in [1.54, 1.807) is 37.3 Å². The van der Waals surface area contributed by atoms with Gasteiger partial charge in [-0.05, 0) is 30.7 Å². The second-order valence-electron chi connectivity index (χ2n) is 5.98. The molecule has 0 saturated carbocycles. The summed E-state index contributed by atoms with van der Waals surface area (Å²) in [5.41, 5.74) is 0.542. The standard InChI is InChI=1S/C19H19NO5/c1-19(11-12-6-4-5-7-14(12)17(21)25-19)18(22)20-13-8-9-15(23-2)16(10-13)24-3/h4-10H,11H2,1-3H3,(H,20,22). The molecule has 6 nitrogen and oxygen atoms in total. The average molecular weight is 341 g/mol. The normalized spacial score (nSPS) is 18.8. The summed E-state index contributed by atoms with van der Waals surface area (Å²) < 4.78 is 15.8. The quantitative estimate of drug-likeness (QED) is 0.866. The summed E-state index contributed by atoms with van der Waals surface area (Å²) in [4.78, 5) is 24.9. The number of anilines is 1. The maximum atomic E-state index is 12.7. The molecule has 1 unspecified atom stereocenters. The summed E-state index contributed by atoms with van der Waals surface area (Å²) in [6, 6.07) is 12.2. The Morgan fingerprint density at radius 1 is 1.12 bits per heavy atom. The highest BCUT2D eigenvalue weighted by atomic mass is 16.6. The van der Waals surface area contributed by atoms with Crippen LogP contribution in [0.15, 0.2) is 42.5 Å². The van der Waals surface area contributed by atoms with Crippen LogP contribution >= 0.6 is 0 Å². The lowest BCUT2D eigenvalue weighted by Crippen LogP contribution is -2.48. The number of cyclic esters (lactones) is 1. The Morgan fingerprint density at radius 2 is 1.84 bits per heavy atom. The van der Waals surface area contributed by atoms with E-state index >= 15 is 0 Å². The highest BCUT2D eigenvalue weighted by Gasteiger charge is 2.42. The van der Waals surface area contributed by atoms with Crippen LogP contribution in [0, 0.1) is 0 Å². The van der Waals surface area contributed by atoms with Crippen molar-refractivity contribution in [2.24, 2.45) is 0 Å². The molecule has 1 N–H and O–H groups in total. The maximum absolute atomic E-state index is 12.7. The monoisotopic (exact) mass is 341 g/mol. The summed E-state index contributed by atoms with van der Waals surface area (Å²) in [7, 11) is 3.06. The maximum Gasteiger partial charge on any atom is 0.339 e. The second-order valence-corrected chi connectivity index (χ2v) is 5.98. The minimum atomic E-state index is -1.28. The van der Waals surface area contributed by atoms with E-state index in [4.69, 9.17) is 14.2 Å². The van der Waals surface area contributed by atoms with Crippen LogP contribution in [0.5, 0.6) is 11.5 Å². The molecule has 0 bridgehead atoms. The van der Waals surface area contributed by atoms with Gasteiger partial charge in [-0.25, -0.2) is 4.79 Å². The average Bonchev–Trinajstić information content (AvgIpc) is 2.61.